The van der Waals surface area contributed by atoms with Crippen molar-refractivity contribution in [3.8, 4) is 0 Å². The molecule has 96 valence electrons. The largest absolute Gasteiger partial charge is 0.349 e. The molecule has 0 unspecified atom stereocenters. The quantitative estimate of drug-likeness (QED) is 0.749. The van der Waals surface area contributed by atoms with Crippen LogP contribution in [-0.4, -0.2) is 28.2 Å². The van der Waals surface area contributed by atoms with Crippen LogP contribution >= 0.6 is 12.4 Å². The zero-order chi connectivity index (χ0) is 11.8. The van der Waals surface area contributed by atoms with Gasteiger partial charge >= 0.3 is 0 Å². The molecule has 0 radical (unpaired) electrons. The summed E-state index contributed by atoms with van der Waals surface area (Å²) in [5.41, 5.74) is 8.14. The molecule has 1 aliphatic rings. The summed E-state index contributed by atoms with van der Waals surface area (Å²) in [6, 6.07) is 0. The fourth-order valence-corrected chi connectivity index (χ4v) is 1.90. The number of nitrogens with two attached hydrogens (primary N) is 1. The fraction of sp³-hybridized carbons (Fsp3) is 0.636. The number of hydrogen-bond donors (Lipinski definition) is 3. The highest BCUT2D eigenvalue weighted by Gasteiger charge is 2.23. The summed E-state index contributed by atoms with van der Waals surface area (Å²) in [6.45, 7) is 4.21. The summed E-state index contributed by atoms with van der Waals surface area (Å²) in [4.78, 5) is 11.9. The molecule has 1 aromatic rings. The molecule has 0 spiro atoms. The smallest absolute Gasteiger partial charge is 0.272 e. The maximum absolute atomic E-state index is 11.9. The van der Waals surface area contributed by atoms with Gasteiger partial charge in [0.05, 0.1) is 0 Å². The van der Waals surface area contributed by atoms with Crippen LogP contribution in [0.3, 0.4) is 0 Å². The Morgan fingerprint density at radius 3 is 2.88 bits per heavy atom. The third-order valence-electron chi connectivity index (χ3n) is 2.73. The van der Waals surface area contributed by atoms with Crippen molar-refractivity contribution in [2.75, 3.05) is 6.54 Å². The summed E-state index contributed by atoms with van der Waals surface area (Å²) >= 11 is 0. The number of halogens is 1. The number of nitrogens with one attached hydrogen (secondary N) is 2. The van der Waals surface area contributed by atoms with E-state index >= 15 is 0 Å². The first-order valence-electron chi connectivity index (χ1n) is 5.60. The van der Waals surface area contributed by atoms with Crippen molar-refractivity contribution in [2.24, 2.45) is 5.73 Å². The Balaban J connectivity index is 0.00000144. The maximum Gasteiger partial charge on any atom is 0.272 e. The van der Waals surface area contributed by atoms with E-state index in [0.29, 0.717) is 12.2 Å². The summed E-state index contributed by atoms with van der Waals surface area (Å²) in [5.74, 6) is -0.127. The Labute approximate surface area is 107 Å². The topological polar surface area (TPSA) is 83.8 Å². The number of aryl methyl sites for hydroxylation is 1. The lowest BCUT2D eigenvalue weighted by molar-refractivity contribution is 0.0940. The third kappa shape index (κ3) is 3.20. The van der Waals surface area contributed by atoms with E-state index in [4.69, 9.17) is 5.73 Å². The first-order valence-corrected chi connectivity index (χ1v) is 5.60. The molecule has 0 aromatic carbocycles. The molecule has 0 saturated heterocycles. The van der Waals surface area contributed by atoms with Crippen LogP contribution in [0, 0.1) is 0 Å². The number of amides is 1. The minimum atomic E-state index is -0.394. The molecule has 1 amide bonds. The van der Waals surface area contributed by atoms with Gasteiger partial charge in [-0.1, -0.05) is 0 Å². The predicted molar refractivity (Wildman–Crippen MR) is 68.5 cm³/mol. The van der Waals surface area contributed by atoms with Crippen LogP contribution in [0.25, 0.3) is 0 Å². The molecular weight excluding hydrogens is 240 g/mol. The summed E-state index contributed by atoms with van der Waals surface area (Å²) in [6.07, 6.45) is 3.05. The first-order chi connectivity index (χ1) is 7.47. The van der Waals surface area contributed by atoms with E-state index in [2.05, 4.69) is 15.5 Å². The number of carbonyl (C=O) groups excluding carboxylic acids is 1. The lowest BCUT2D eigenvalue weighted by Gasteiger charge is -2.18. The van der Waals surface area contributed by atoms with Crippen LogP contribution in [-0.2, 0) is 12.8 Å². The van der Waals surface area contributed by atoms with Crippen LogP contribution < -0.4 is 11.1 Å². The molecule has 4 N–H and O–H groups in total. The van der Waals surface area contributed by atoms with Crippen molar-refractivity contribution < 1.29 is 4.79 Å². The minimum absolute atomic E-state index is 0. The molecule has 1 aliphatic carbocycles. The predicted octanol–water partition coefficient (Wildman–Crippen LogP) is 0.787. The van der Waals surface area contributed by atoms with Gasteiger partial charge in [0, 0.05) is 23.3 Å². The highest BCUT2D eigenvalue weighted by molar-refractivity contribution is 5.94. The van der Waals surface area contributed by atoms with Crippen LogP contribution in [0.2, 0.25) is 0 Å². The van der Waals surface area contributed by atoms with Gasteiger partial charge in [-0.25, -0.2) is 0 Å². The maximum atomic E-state index is 11.9. The zero-order valence-electron chi connectivity index (χ0n) is 10.2. The van der Waals surface area contributed by atoms with E-state index in [1.54, 1.807) is 0 Å². The zero-order valence-corrected chi connectivity index (χ0v) is 11.0. The number of aromatic amines is 1. The summed E-state index contributed by atoms with van der Waals surface area (Å²) in [5, 5.41) is 9.79. The van der Waals surface area contributed by atoms with Crippen molar-refractivity contribution in [3.05, 3.63) is 17.0 Å². The van der Waals surface area contributed by atoms with Gasteiger partial charge in [-0.15, -0.1) is 12.4 Å². The molecular formula is C11H19ClN4O. The molecule has 0 bridgehead atoms. The van der Waals surface area contributed by atoms with E-state index in [0.717, 1.165) is 30.5 Å². The van der Waals surface area contributed by atoms with Crippen LogP contribution in [0.15, 0.2) is 0 Å². The van der Waals surface area contributed by atoms with Crippen LogP contribution in [0.1, 0.15) is 42.0 Å². The van der Waals surface area contributed by atoms with Gasteiger partial charge < -0.3 is 11.1 Å². The SMILES string of the molecule is CC(C)(N)CNC(=O)c1n[nH]c2c1CCC2.Cl. The van der Waals surface area contributed by atoms with Gasteiger partial charge in [0.1, 0.15) is 0 Å². The molecule has 1 heterocycles. The average Bonchev–Trinajstić information content (AvgIpc) is 2.73. The lowest BCUT2D eigenvalue weighted by atomic mass is 10.1. The monoisotopic (exact) mass is 258 g/mol. The summed E-state index contributed by atoms with van der Waals surface area (Å²) in [7, 11) is 0. The minimum Gasteiger partial charge on any atom is -0.349 e. The Morgan fingerprint density at radius 2 is 2.24 bits per heavy atom. The van der Waals surface area contributed by atoms with E-state index in [1.165, 1.54) is 0 Å². The standard InChI is InChI=1S/C11H18N4O.ClH/c1-11(2,12)6-13-10(16)9-7-4-3-5-8(7)14-15-9;/h3-6,12H2,1-2H3,(H,13,16)(H,14,15);1H. The summed E-state index contributed by atoms with van der Waals surface area (Å²) < 4.78 is 0. The second kappa shape index (κ2) is 5.06. The molecule has 5 nitrogen and oxygen atoms in total. The first kappa shape index (κ1) is 14.0. The van der Waals surface area contributed by atoms with E-state index < -0.39 is 5.54 Å². The van der Waals surface area contributed by atoms with E-state index in [9.17, 15) is 4.79 Å². The number of aromatic nitrogens is 2. The highest BCUT2D eigenvalue weighted by atomic mass is 35.5. The molecule has 6 heteroatoms. The van der Waals surface area contributed by atoms with Gasteiger partial charge in [-0.3, -0.25) is 9.89 Å². The number of fused-ring (bicyclic) bond motifs is 1. The van der Waals surface area contributed by atoms with Crippen molar-refractivity contribution >= 4 is 18.3 Å². The third-order valence-corrected chi connectivity index (χ3v) is 2.73. The van der Waals surface area contributed by atoms with E-state index in [-0.39, 0.29) is 18.3 Å². The van der Waals surface area contributed by atoms with Crippen molar-refractivity contribution in [1.29, 1.82) is 0 Å². The molecule has 0 fully saturated rings. The lowest BCUT2D eigenvalue weighted by Crippen LogP contribution is -2.45. The Kier molecular flexibility index (Phi) is 4.16. The number of rotatable bonds is 3. The molecule has 1 aromatic heterocycles. The van der Waals surface area contributed by atoms with E-state index in [1.807, 2.05) is 13.8 Å². The molecule has 17 heavy (non-hydrogen) atoms. The van der Waals surface area contributed by atoms with Crippen molar-refractivity contribution in [1.82, 2.24) is 15.5 Å². The Bertz CT molecular complexity index is 408. The second-order valence-electron chi connectivity index (χ2n) is 5.05. The normalized spacial score (nSPS) is 14.1. The van der Waals surface area contributed by atoms with Crippen molar-refractivity contribution in [2.45, 2.75) is 38.6 Å². The fourth-order valence-electron chi connectivity index (χ4n) is 1.90. The highest BCUT2D eigenvalue weighted by Crippen LogP contribution is 2.22. The van der Waals surface area contributed by atoms with Gasteiger partial charge in [0.15, 0.2) is 5.69 Å². The molecule has 2 rings (SSSR count). The molecule has 0 atom stereocenters. The number of H-pyrrole nitrogens is 1. The second-order valence-corrected chi connectivity index (χ2v) is 5.05. The molecule has 0 saturated carbocycles. The number of nitrogens with zero attached hydrogens (tertiary/aromatic N) is 1. The molecule has 0 aliphatic heterocycles. The Morgan fingerprint density at radius 1 is 1.53 bits per heavy atom. The number of carbonyl (C=O) groups is 1. The van der Waals surface area contributed by atoms with Crippen LogP contribution in [0.5, 0.6) is 0 Å². The van der Waals surface area contributed by atoms with Gasteiger partial charge in [-0.05, 0) is 33.1 Å². The van der Waals surface area contributed by atoms with Gasteiger partial charge in [0.2, 0.25) is 0 Å². The Hall–Kier alpha value is -1.07. The van der Waals surface area contributed by atoms with Crippen LogP contribution in [0.4, 0.5) is 0 Å². The van der Waals surface area contributed by atoms with Gasteiger partial charge in [-0.2, -0.15) is 5.10 Å². The van der Waals surface area contributed by atoms with Gasteiger partial charge in [0.25, 0.3) is 5.91 Å². The number of hydrogen-bond acceptors (Lipinski definition) is 3. The van der Waals surface area contributed by atoms with Crippen molar-refractivity contribution in [3.63, 3.8) is 0 Å². The average molecular weight is 259 g/mol.